The van der Waals surface area contributed by atoms with Gasteiger partial charge in [0, 0.05) is 22.9 Å². The standard InChI is InChI=1S/C18H16N2OS/c1-11-18-15(20-14-6-3-2-5-13(14)19-11)9-12(10-16(18)21)17-7-4-8-22-17/h2-8,12,19H,9-10H2,1H3. The molecule has 3 nitrogen and oxygen atoms in total. The van der Waals surface area contributed by atoms with E-state index in [1.807, 2.05) is 37.3 Å². The molecule has 0 radical (unpaired) electrons. The van der Waals surface area contributed by atoms with Gasteiger partial charge in [0.2, 0.25) is 0 Å². The molecule has 2 heterocycles. The molecule has 0 saturated heterocycles. The Balaban J connectivity index is 1.81. The molecule has 4 heteroatoms. The summed E-state index contributed by atoms with van der Waals surface area (Å²) in [5.74, 6) is 0.453. The molecule has 22 heavy (non-hydrogen) atoms. The third-order valence-electron chi connectivity index (χ3n) is 4.24. The van der Waals surface area contributed by atoms with E-state index < -0.39 is 0 Å². The number of rotatable bonds is 1. The fourth-order valence-electron chi connectivity index (χ4n) is 3.23. The number of carbonyl (C=O) groups excluding carboxylic acids is 1. The highest BCUT2D eigenvalue weighted by Crippen LogP contribution is 2.39. The molecular weight excluding hydrogens is 292 g/mol. The first-order valence-electron chi connectivity index (χ1n) is 7.44. The van der Waals surface area contributed by atoms with Gasteiger partial charge in [-0.25, -0.2) is 0 Å². The molecule has 1 aliphatic heterocycles. The summed E-state index contributed by atoms with van der Waals surface area (Å²) in [6, 6.07) is 12.1. The summed E-state index contributed by atoms with van der Waals surface area (Å²) in [5.41, 5.74) is 4.49. The lowest BCUT2D eigenvalue weighted by atomic mass is 9.81. The van der Waals surface area contributed by atoms with Gasteiger partial charge in [0.05, 0.1) is 22.7 Å². The van der Waals surface area contributed by atoms with E-state index in [2.05, 4.69) is 16.8 Å². The minimum absolute atomic E-state index is 0.196. The molecular formula is C18H16N2OS. The highest BCUT2D eigenvalue weighted by Gasteiger charge is 2.33. The number of aliphatic imine (C=N–C) groups is 1. The highest BCUT2D eigenvalue weighted by atomic mass is 32.1. The SMILES string of the molecule is CC1=C2C(=O)CC(c3cccs3)CC2=Nc2ccccc2N1. The number of nitrogens with one attached hydrogen (secondary N) is 1. The topological polar surface area (TPSA) is 41.5 Å². The van der Waals surface area contributed by atoms with Crippen LogP contribution in [0.2, 0.25) is 0 Å². The Morgan fingerprint density at radius 2 is 2.05 bits per heavy atom. The van der Waals surface area contributed by atoms with Crippen molar-refractivity contribution in [3.63, 3.8) is 0 Å². The largest absolute Gasteiger partial charge is 0.357 e. The molecule has 1 aliphatic carbocycles. The third-order valence-corrected chi connectivity index (χ3v) is 5.28. The second kappa shape index (κ2) is 5.21. The van der Waals surface area contributed by atoms with Crippen LogP contribution in [0, 0.1) is 0 Å². The average Bonchev–Trinajstić information content (AvgIpc) is 2.98. The third kappa shape index (κ3) is 2.20. The van der Waals surface area contributed by atoms with Gasteiger partial charge in [0.15, 0.2) is 5.78 Å². The summed E-state index contributed by atoms with van der Waals surface area (Å²) in [6.07, 6.45) is 1.40. The monoisotopic (exact) mass is 308 g/mol. The van der Waals surface area contributed by atoms with Crippen molar-refractivity contribution in [3.05, 3.63) is 57.9 Å². The Morgan fingerprint density at radius 1 is 1.18 bits per heavy atom. The molecule has 0 amide bonds. The molecule has 1 aromatic heterocycles. The fourth-order valence-corrected chi connectivity index (χ4v) is 4.06. The van der Waals surface area contributed by atoms with E-state index in [4.69, 9.17) is 4.99 Å². The maximum atomic E-state index is 12.7. The van der Waals surface area contributed by atoms with Crippen LogP contribution in [0.15, 0.2) is 58.0 Å². The Bertz CT molecular complexity index is 802. The summed E-state index contributed by atoms with van der Waals surface area (Å²) in [5, 5.41) is 5.42. The lowest BCUT2D eigenvalue weighted by Gasteiger charge is -2.24. The molecule has 1 fully saturated rings. The van der Waals surface area contributed by atoms with Crippen molar-refractivity contribution in [3.8, 4) is 0 Å². The number of carbonyl (C=O) groups is 1. The van der Waals surface area contributed by atoms with Gasteiger partial charge in [-0.1, -0.05) is 18.2 Å². The minimum atomic E-state index is 0.196. The van der Waals surface area contributed by atoms with Gasteiger partial charge in [0.25, 0.3) is 0 Å². The van der Waals surface area contributed by atoms with Gasteiger partial charge in [-0.3, -0.25) is 9.79 Å². The van der Waals surface area contributed by atoms with Gasteiger partial charge in [0.1, 0.15) is 0 Å². The summed E-state index contributed by atoms with van der Waals surface area (Å²) in [6.45, 7) is 1.97. The first kappa shape index (κ1) is 13.5. The number of benzene rings is 1. The van der Waals surface area contributed by atoms with Crippen molar-refractivity contribution in [1.82, 2.24) is 0 Å². The van der Waals surface area contributed by atoms with Gasteiger partial charge in [-0.05, 0) is 36.9 Å². The molecule has 110 valence electrons. The molecule has 1 atom stereocenters. The number of hydrogen-bond acceptors (Lipinski definition) is 4. The maximum Gasteiger partial charge on any atom is 0.167 e. The van der Waals surface area contributed by atoms with E-state index in [-0.39, 0.29) is 11.7 Å². The molecule has 1 unspecified atom stereocenters. The van der Waals surface area contributed by atoms with Crippen LogP contribution in [0.4, 0.5) is 11.4 Å². The van der Waals surface area contributed by atoms with Crippen molar-refractivity contribution in [2.24, 2.45) is 4.99 Å². The van der Waals surface area contributed by atoms with Gasteiger partial charge < -0.3 is 5.32 Å². The van der Waals surface area contributed by atoms with Crippen molar-refractivity contribution in [1.29, 1.82) is 0 Å². The molecule has 2 aliphatic rings. The number of ketones is 1. The smallest absolute Gasteiger partial charge is 0.167 e. The Kier molecular flexibility index (Phi) is 3.19. The van der Waals surface area contributed by atoms with Gasteiger partial charge >= 0.3 is 0 Å². The molecule has 1 N–H and O–H groups in total. The number of fused-ring (bicyclic) bond motifs is 2. The van der Waals surface area contributed by atoms with Crippen molar-refractivity contribution < 1.29 is 4.79 Å². The Labute approximate surface area is 133 Å². The van der Waals surface area contributed by atoms with Gasteiger partial charge in [-0.2, -0.15) is 0 Å². The van der Waals surface area contributed by atoms with E-state index >= 15 is 0 Å². The molecule has 0 bridgehead atoms. The van der Waals surface area contributed by atoms with Gasteiger partial charge in [-0.15, -0.1) is 11.3 Å². The average molecular weight is 308 g/mol. The number of Topliss-reactive ketones (excluding diaryl/α,β-unsaturated/α-hetero) is 1. The first-order valence-corrected chi connectivity index (χ1v) is 8.32. The zero-order chi connectivity index (χ0) is 15.1. The summed E-state index contributed by atoms with van der Waals surface area (Å²) in [7, 11) is 0. The first-order chi connectivity index (χ1) is 10.7. The summed E-state index contributed by atoms with van der Waals surface area (Å²) in [4.78, 5) is 18.8. The Hall–Kier alpha value is -2.20. The second-order valence-corrected chi connectivity index (χ2v) is 6.72. The van der Waals surface area contributed by atoms with Crippen LogP contribution in [0.3, 0.4) is 0 Å². The highest BCUT2D eigenvalue weighted by molar-refractivity contribution is 7.10. The predicted octanol–water partition coefficient (Wildman–Crippen LogP) is 4.67. The molecule has 1 aromatic carbocycles. The number of nitrogens with zero attached hydrogens (tertiary/aromatic N) is 1. The van der Waals surface area contributed by atoms with E-state index in [0.29, 0.717) is 6.42 Å². The zero-order valence-electron chi connectivity index (χ0n) is 12.3. The number of thiophene rings is 1. The van der Waals surface area contributed by atoms with Crippen molar-refractivity contribution >= 4 is 34.2 Å². The molecule has 2 aromatic rings. The number of hydrogen-bond donors (Lipinski definition) is 1. The zero-order valence-corrected chi connectivity index (χ0v) is 13.1. The predicted molar refractivity (Wildman–Crippen MR) is 91.2 cm³/mol. The van der Waals surface area contributed by atoms with E-state index in [9.17, 15) is 4.79 Å². The molecule has 0 spiro atoms. The minimum Gasteiger partial charge on any atom is -0.357 e. The van der Waals surface area contributed by atoms with Crippen LogP contribution in [0.25, 0.3) is 0 Å². The van der Waals surface area contributed by atoms with E-state index in [1.165, 1.54) is 4.88 Å². The van der Waals surface area contributed by atoms with Crippen molar-refractivity contribution in [2.75, 3.05) is 5.32 Å². The van der Waals surface area contributed by atoms with Crippen LogP contribution in [0.5, 0.6) is 0 Å². The van der Waals surface area contributed by atoms with Crippen molar-refractivity contribution in [2.45, 2.75) is 25.7 Å². The summed E-state index contributed by atoms with van der Waals surface area (Å²) >= 11 is 1.72. The van der Waals surface area contributed by atoms with Crippen LogP contribution >= 0.6 is 11.3 Å². The van der Waals surface area contributed by atoms with Crippen LogP contribution in [0.1, 0.15) is 30.6 Å². The number of para-hydroxylation sites is 2. The molecule has 4 rings (SSSR count). The van der Waals surface area contributed by atoms with E-state index in [0.717, 1.165) is 34.8 Å². The number of anilines is 1. The lowest BCUT2D eigenvalue weighted by Crippen LogP contribution is -2.26. The van der Waals surface area contributed by atoms with E-state index in [1.54, 1.807) is 11.3 Å². The maximum absolute atomic E-state index is 12.7. The second-order valence-electron chi connectivity index (χ2n) is 5.74. The summed E-state index contributed by atoms with van der Waals surface area (Å²) < 4.78 is 0. The van der Waals surface area contributed by atoms with Crippen LogP contribution in [-0.2, 0) is 4.79 Å². The lowest BCUT2D eigenvalue weighted by molar-refractivity contribution is -0.115. The number of allylic oxidation sites excluding steroid dienone is 2. The Morgan fingerprint density at radius 3 is 2.86 bits per heavy atom. The fraction of sp³-hybridized carbons (Fsp3) is 0.222. The normalized spacial score (nSPS) is 20.7. The van der Waals surface area contributed by atoms with Crippen LogP contribution in [-0.4, -0.2) is 11.5 Å². The molecule has 1 saturated carbocycles. The van der Waals surface area contributed by atoms with Crippen LogP contribution < -0.4 is 5.32 Å². The quantitative estimate of drug-likeness (QED) is 0.832.